The maximum Gasteiger partial charge on any atom is 0.191 e. The Hall–Kier alpha value is -1.03. The van der Waals surface area contributed by atoms with Crippen molar-refractivity contribution in [2.45, 2.75) is 44.7 Å². The summed E-state index contributed by atoms with van der Waals surface area (Å²) in [5.74, 6) is 0.909. The van der Waals surface area contributed by atoms with E-state index in [1.807, 2.05) is 13.1 Å². The van der Waals surface area contributed by atoms with Crippen LogP contribution in [0.25, 0.3) is 0 Å². The molecule has 4 heteroatoms. The highest BCUT2D eigenvalue weighted by atomic mass is 79.9. The fourth-order valence-electron chi connectivity index (χ4n) is 2.47. The predicted molar refractivity (Wildman–Crippen MR) is 84.3 cm³/mol. The van der Waals surface area contributed by atoms with Crippen molar-refractivity contribution >= 4 is 21.9 Å². The van der Waals surface area contributed by atoms with Gasteiger partial charge in [-0.2, -0.15) is 0 Å². The van der Waals surface area contributed by atoms with Gasteiger partial charge >= 0.3 is 0 Å². The van der Waals surface area contributed by atoms with Crippen LogP contribution in [0.4, 0.5) is 0 Å². The minimum absolute atomic E-state index is 0.586. The van der Waals surface area contributed by atoms with Gasteiger partial charge in [0.15, 0.2) is 5.96 Å². The number of hydrogen-bond donors (Lipinski definition) is 2. The molecule has 1 aliphatic carbocycles. The van der Waals surface area contributed by atoms with Gasteiger partial charge < -0.3 is 10.6 Å². The van der Waals surface area contributed by atoms with E-state index >= 15 is 0 Å². The summed E-state index contributed by atoms with van der Waals surface area (Å²) in [5.41, 5.74) is 1.25. The molecule has 2 rings (SSSR count). The van der Waals surface area contributed by atoms with Crippen molar-refractivity contribution in [3.63, 3.8) is 0 Å². The van der Waals surface area contributed by atoms with E-state index in [4.69, 9.17) is 0 Å². The van der Waals surface area contributed by atoms with Crippen LogP contribution in [0.1, 0.15) is 37.7 Å². The Kier molecular flexibility index (Phi) is 5.70. The number of nitrogens with zero attached hydrogens (tertiary/aromatic N) is 1. The van der Waals surface area contributed by atoms with Crippen LogP contribution in [-0.2, 0) is 6.54 Å². The first-order valence-corrected chi connectivity index (χ1v) is 7.79. The summed E-state index contributed by atoms with van der Waals surface area (Å²) in [6.45, 7) is 0.797. The lowest BCUT2D eigenvalue weighted by Crippen LogP contribution is -2.43. The van der Waals surface area contributed by atoms with Crippen LogP contribution >= 0.6 is 15.9 Å². The summed E-state index contributed by atoms with van der Waals surface area (Å²) in [4.78, 5) is 4.30. The van der Waals surface area contributed by atoms with Gasteiger partial charge in [-0.25, -0.2) is 0 Å². The van der Waals surface area contributed by atoms with Crippen LogP contribution in [-0.4, -0.2) is 19.0 Å². The van der Waals surface area contributed by atoms with E-state index < -0.39 is 0 Å². The van der Waals surface area contributed by atoms with Crippen molar-refractivity contribution in [2.24, 2.45) is 4.99 Å². The molecule has 1 fully saturated rings. The van der Waals surface area contributed by atoms with E-state index in [1.165, 1.54) is 37.7 Å². The zero-order chi connectivity index (χ0) is 13.5. The van der Waals surface area contributed by atoms with Gasteiger partial charge in [0.2, 0.25) is 0 Å². The fraction of sp³-hybridized carbons (Fsp3) is 0.533. The van der Waals surface area contributed by atoms with Gasteiger partial charge in [-0.05, 0) is 30.5 Å². The molecule has 1 aromatic rings. The number of nitrogens with one attached hydrogen (secondary N) is 2. The summed E-state index contributed by atoms with van der Waals surface area (Å²) in [5, 5.41) is 6.90. The molecule has 0 saturated heterocycles. The van der Waals surface area contributed by atoms with Gasteiger partial charge in [0, 0.05) is 24.1 Å². The van der Waals surface area contributed by atoms with E-state index in [2.05, 4.69) is 49.8 Å². The third-order valence-electron chi connectivity index (χ3n) is 3.52. The van der Waals surface area contributed by atoms with Crippen molar-refractivity contribution in [1.29, 1.82) is 0 Å². The van der Waals surface area contributed by atoms with Gasteiger partial charge in [0.1, 0.15) is 0 Å². The summed E-state index contributed by atoms with van der Waals surface area (Å²) in [6, 6.07) is 8.92. The zero-order valence-electron chi connectivity index (χ0n) is 11.5. The second kappa shape index (κ2) is 7.53. The molecular weight excluding hydrogens is 302 g/mol. The van der Waals surface area contributed by atoms with Gasteiger partial charge in [-0.3, -0.25) is 4.99 Å². The average Bonchev–Trinajstić information content (AvgIpc) is 2.44. The SMILES string of the molecule is CN=C(NCc1cccc(Br)c1)NC1CCCCC1. The number of benzene rings is 1. The molecule has 0 spiro atoms. The van der Waals surface area contributed by atoms with E-state index in [1.54, 1.807) is 0 Å². The monoisotopic (exact) mass is 323 g/mol. The third kappa shape index (κ3) is 4.86. The number of hydrogen-bond acceptors (Lipinski definition) is 1. The molecule has 0 aromatic heterocycles. The minimum atomic E-state index is 0.586. The van der Waals surface area contributed by atoms with Crippen LogP contribution in [0.2, 0.25) is 0 Å². The summed E-state index contributed by atoms with van der Waals surface area (Å²) in [6.07, 6.45) is 6.57. The Morgan fingerprint density at radius 2 is 2.11 bits per heavy atom. The van der Waals surface area contributed by atoms with Crippen LogP contribution in [0.5, 0.6) is 0 Å². The normalized spacial score (nSPS) is 17.3. The number of halogens is 1. The van der Waals surface area contributed by atoms with E-state index in [9.17, 15) is 0 Å². The Balaban J connectivity index is 1.82. The molecule has 0 heterocycles. The number of rotatable bonds is 3. The lowest BCUT2D eigenvalue weighted by atomic mass is 9.96. The largest absolute Gasteiger partial charge is 0.354 e. The van der Waals surface area contributed by atoms with Gasteiger partial charge in [-0.15, -0.1) is 0 Å². The van der Waals surface area contributed by atoms with E-state index in [-0.39, 0.29) is 0 Å². The fourth-order valence-corrected chi connectivity index (χ4v) is 2.91. The van der Waals surface area contributed by atoms with Gasteiger partial charge in [0.05, 0.1) is 0 Å². The average molecular weight is 324 g/mol. The molecule has 0 aliphatic heterocycles. The standard InChI is InChI=1S/C15H22BrN3/c1-17-15(19-14-8-3-2-4-9-14)18-11-12-6-5-7-13(16)10-12/h5-7,10,14H,2-4,8-9,11H2,1H3,(H2,17,18,19). The molecule has 1 saturated carbocycles. The van der Waals surface area contributed by atoms with Crippen molar-refractivity contribution in [2.75, 3.05) is 7.05 Å². The molecule has 3 nitrogen and oxygen atoms in total. The maximum absolute atomic E-state index is 4.30. The van der Waals surface area contributed by atoms with Gasteiger partial charge in [0.25, 0.3) is 0 Å². The third-order valence-corrected chi connectivity index (χ3v) is 4.01. The maximum atomic E-state index is 4.30. The highest BCUT2D eigenvalue weighted by Gasteiger charge is 2.14. The first kappa shape index (κ1) is 14.4. The van der Waals surface area contributed by atoms with Crippen molar-refractivity contribution in [3.8, 4) is 0 Å². The molecule has 104 valence electrons. The zero-order valence-corrected chi connectivity index (χ0v) is 13.0. The smallest absolute Gasteiger partial charge is 0.191 e. The summed E-state index contributed by atoms with van der Waals surface area (Å²) >= 11 is 3.49. The van der Waals surface area contributed by atoms with Gasteiger partial charge in [-0.1, -0.05) is 47.3 Å². The molecule has 19 heavy (non-hydrogen) atoms. The molecule has 0 atom stereocenters. The summed E-state index contributed by atoms with van der Waals surface area (Å²) < 4.78 is 1.11. The quantitative estimate of drug-likeness (QED) is 0.660. The highest BCUT2D eigenvalue weighted by Crippen LogP contribution is 2.17. The highest BCUT2D eigenvalue weighted by molar-refractivity contribution is 9.10. The number of aliphatic imine (C=N–C) groups is 1. The Morgan fingerprint density at radius 3 is 2.79 bits per heavy atom. The molecule has 2 N–H and O–H groups in total. The second-order valence-electron chi connectivity index (χ2n) is 5.03. The predicted octanol–water partition coefficient (Wildman–Crippen LogP) is 3.45. The Labute approximate surface area is 124 Å². The lowest BCUT2D eigenvalue weighted by Gasteiger charge is -2.24. The molecule has 0 unspecified atom stereocenters. The molecule has 0 amide bonds. The first-order chi connectivity index (χ1) is 9.28. The van der Waals surface area contributed by atoms with Crippen molar-refractivity contribution in [1.82, 2.24) is 10.6 Å². The second-order valence-corrected chi connectivity index (χ2v) is 5.95. The van der Waals surface area contributed by atoms with Crippen LogP contribution in [0.3, 0.4) is 0 Å². The molecule has 1 aliphatic rings. The van der Waals surface area contributed by atoms with Crippen LogP contribution in [0.15, 0.2) is 33.7 Å². The topological polar surface area (TPSA) is 36.4 Å². The Morgan fingerprint density at radius 1 is 1.32 bits per heavy atom. The van der Waals surface area contributed by atoms with Crippen LogP contribution < -0.4 is 10.6 Å². The number of guanidine groups is 1. The molecule has 0 radical (unpaired) electrons. The van der Waals surface area contributed by atoms with E-state index in [0.29, 0.717) is 6.04 Å². The summed E-state index contributed by atoms with van der Waals surface area (Å²) in [7, 11) is 1.83. The van der Waals surface area contributed by atoms with Crippen LogP contribution in [0, 0.1) is 0 Å². The minimum Gasteiger partial charge on any atom is -0.354 e. The lowest BCUT2D eigenvalue weighted by molar-refractivity contribution is 0.410. The van der Waals surface area contributed by atoms with Crippen molar-refractivity contribution < 1.29 is 0 Å². The molecular formula is C15H22BrN3. The molecule has 1 aromatic carbocycles. The van der Waals surface area contributed by atoms with E-state index in [0.717, 1.165) is 17.0 Å². The first-order valence-electron chi connectivity index (χ1n) is 6.99. The molecule has 0 bridgehead atoms. The van der Waals surface area contributed by atoms with Crippen molar-refractivity contribution in [3.05, 3.63) is 34.3 Å². The Bertz CT molecular complexity index is 425.